The highest BCUT2D eigenvalue weighted by molar-refractivity contribution is 5.92. The van der Waals surface area contributed by atoms with Crippen LogP contribution in [-0.4, -0.2) is 78.2 Å². The third-order valence-corrected chi connectivity index (χ3v) is 6.85. The van der Waals surface area contributed by atoms with Crippen molar-refractivity contribution in [2.45, 2.75) is 37.3 Å². The van der Waals surface area contributed by atoms with Crippen molar-refractivity contribution in [1.29, 1.82) is 0 Å². The predicted octanol–water partition coefficient (Wildman–Crippen LogP) is 2.92. The van der Waals surface area contributed by atoms with E-state index in [0.29, 0.717) is 19.4 Å². The molecule has 0 bridgehead atoms. The van der Waals surface area contributed by atoms with Gasteiger partial charge in [0.15, 0.2) is 0 Å². The van der Waals surface area contributed by atoms with E-state index < -0.39 is 29.6 Å². The molecule has 8 nitrogen and oxygen atoms in total. The molecule has 0 aromatic heterocycles. The number of carboxylic acids is 1. The van der Waals surface area contributed by atoms with Crippen LogP contribution in [0.2, 0.25) is 0 Å². The highest BCUT2D eigenvalue weighted by Crippen LogP contribution is 2.44. The van der Waals surface area contributed by atoms with Gasteiger partial charge in [0.05, 0.1) is 0 Å². The van der Waals surface area contributed by atoms with Crippen LogP contribution in [0.4, 0.5) is 4.79 Å². The molecule has 2 aliphatic rings. The molecule has 2 aromatic carbocycles. The summed E-state index contributed by atoms with van der Waals surface area (Å²) in [5, 5.41) is 12.4. The lowest BCUT2D eigenvalue weighted by Crippen LogP contribution is -2.59. The number of amides is 2. The number of hydrogen-bond acceptors (Lipinski definition) is 5. The van der Waals surface area contributed by atoms with E-state index in [1.165, 1.54) is 4.90 Å². The number of rotatable bonds is 7. The second kappa shape index (κ2) is 9.46. The van der Waals surface area contributed by atoms with E-state index in [2.05, 4.69) is 17.4 Å². The zero-order valence-corrected chi connectivity index (χ0v) is 19.8. The van der Waals surface area contributed by atoms with Gasteiger partial charge in [-0.2, -0.15) is 0 Å². The van der Waals surface area contributed by atoms with Crippen LogP contribution in [0.3, 0.4) is 0 Å². The normalized spacial score (nSPS) is 20.1. The van der Waals surface area contributed by atoms with Gasteiger partial charge >= 0.3 is 12.1 Å². The summed E-state index contributed by atoms with van der Waals surface area (Å²) in [6, 6.07) is 15.2. The quantitative estimate of drug-likeness (QED) is 0.652. The average molecular weight is 466 g/mol. The maximum absolute atomic E-state index is 13.3. The Morgan fingerprint density at radius 2 is 1.71 bits per heavy atom. The van der Waals surface area contributed by atoms with Crippen molar-refractivity contribution in [2.75, 3.05) is 33.8 Å². The number of nitrogens with zero attached hydrogens (tertiary/aromatic N) is 2. The number of carbonyl (C=O) groups excluding carboxylic acids is 2. The molecule has 34 heavy (non-hydrogen) atoms. The molecule has 1 aliphatic heterocycles. The third kappa shape index (κ3) is 4.37. The Morgan fingerprint density at radius 1 is 1.12 bits per heavy atom. The summed E-state index contributed by atoms with van der Waals surface area (Å²) in [6.45, 7) is 2.27. The van der Waals surface area contributed by atoms with Crippen molar-refractivity contribution in [1.82, 2.24) is 15.1 Å². The minimum atomic E-state index is -1.27. The maximum atomic E-state index is 13.3. The Balaban J connectivity index is 1.46. The van der Waals surface area contributed by atoms with Gasteiger partial charge in [0.25, 0.3) is 0 Å². The zero-order valence-electron chi connectivity index (χ0n) is 19.8. The predicted molar refractivity (Wildman–Crippen MR) is 128 cm³/mol. The Labute approximate surface area is 199 Å². The minimum absolute atomic E-state index is 0.0879. The first kappa shape index (κ1) is 23.8. The van der Waals surface area contributed by atoms with E-state index >= 15 is 0 Å². The molecular formula is C26H31N3O5. The van der Waals surface area contributed by atoms with Crippen molar-refractivity contribution in [2.24, 2.45) is 0 Å². The molecule has 0 radical (unpaired) electrons. The van der Waals surface area contributed by atoms with Gasteiger partial charge in [0.1, 0.15) is 18.2 Å². The van der Waals surface area contributed by atoms with E-state index in [1.807, 2.05) is 36.4 Å². The average Bonchev–Trinajstić information content (AvgIpc) is 3.35. The van der Waals surface area contributed by atoms with Gasteiger partial charge in [-0.05, 0) is 56.1 Å². The van der Waals surface area contributed by atoms with Gasteiger partial charge in [-0.25, -0.2) is 9.59 Å². The van der Waals surface area contributed by atoms with E-state index in [0.717, 1.165) is 22.3 Å². The fraction of sp³-hybridized carbons (Fsp3) is 0.423. The Kier molecular flexibility index (Phi) is 6.61. The number of benzene rings is 2. The Bertz CT molecular complexity index is 1060. The van der Waals surface area contributed by atoms with Gasteiger partial charge in [0, 0.05) is 19.0 Å². The molecule has 1 unspecified atom stereocenters. The minimum Gasteiger partial charge on any atom is -0.480 e. The lowest BCUT2D eigenvalue weighted by molar-refractivity contribution is -0.156. The van der Waals surface area contributed by atoms with Gasteiger partial charge in [-0.15, -0.1) is 0 Å². The van der Waals surface area contributed by atoms with Crippen molar-refractivity contribution in [3.05, 3.63) is 59.7 Å². The maximum Gasteiger partial charge on any atom is 0.407 e. The largest absolute Gasteiger partial charge is 0.480 e. The molecule has 0 saturated carbocycles. The second-order valence-corrected chi connectivity index (χ2v) is 9.46. The highest BCUT2D eigenvalue weighted by atomic mass is 16.5. The number of hydrogen-bond donors (Lipinski definition) is 2. The number of nitrogens with one attached hydrogen (secondary N) is 1. The summed E-state index contributed by atoms with van der Waals surface area (Å²) in [5.41, 5.74) is 3.20. The van der Waals surface area contributed by atoms with Crippen molar-refractivity contribution >= 4 is 18.0 Å². The Hall–Kier alpha value is -3.39. The fourth-order valence-corrected chi connectivity index (χ4v) is 5.06. The smallest absolute Gasteiger partial charge is 0.407 e. The molecule has 2 aromatic rings. The van der Waals surface area contributed by atoms with Crippen LogP contribution in [-0.2, 0) is 14.3 Å². The molecule has 1 fully saturated rings. The molecule has 4 rings (SSSR count). The first-order chi connectivity index (χ1) is 16.2. The summed E-state index contributed by atoms with van der Waals surface area (Å²) >= 11 is 0. The van der Waals surface area contributed by atoms with Crippen LogP contribution in [0.1, 0.15) is 36.8 Å². The molecular weight excluding hydrogens is 434 g/mol. The summed E-state index contributed by atoms with van der Waals surface area (Å²) in [5.74, 6) is -1.54. The highest BCUT2D eigenvalue weighted by Gasteiger charge is 2.47. The van der Waals surface area contributed by atoms with Gasteiger partial charge in [-0.1, -0.05) is 48.5 Å². The van der Waals surface area contributed by atoms with Crippen LogP contribution in [0.15, 0.2) is 48.5 Å². The Morgan fingerprint density at radius 3 is 2.26 bits per heavy atom. The topological polar surface area (TPSA) is 99.2 Å². The van der Waals surface area contributed by atoms with E-state index in [1.54, 1.807) is 25.9 Å². The summed E-state index contributed by atoms with van der Waals surface area (Å²) < 4.78 is 5.61. The molecule has 1 saturated heterocycles. The number of likely N-dealkylation sites (N-methyl/N-ethyl adjacent to an activating group) is 1. The van der Waals surface area contributed by atoms with Crippen LogP contribution in [0.5, 0.6) is 0 Å². The van der Waals surface area contributed by atoms with E-state index in [4.69, 9.17) is 4.74 Å². The molecule has 1 heterocycles. The number of ether oxygens (including phenoxy) is 1. The first-order valence-electron chi connectivity index (χ1n) is 11.5. The monoisotopic (exact) mass is 465 g/mol. The number of carboxylic acid groups (broad SMARTS) is 1. The number of carbonyl (C=O) groups is 3. The fourth-order valence-electron chi connectivity index (χ4n) is 5.06. The summed E-state index contributed by atoms with van der Waals surface area (Å²) in [6.07, 6.45) is 0.292. The SMILES string of the molecule is CN(C)CC(NC(=O)OCC1c2ccccc2-c2ccccc21)C(=O)N1CCC[C@@]1(C)C(=O)O. The van der Waals surface area contributed by atoms with Crippen molar-refractivity contribution < 1.29 is 24.2 Å². The lowest BCUT2D eigenvalue weighted by Gasteiger charge is -2.34. The molecule has 2 N–H and O–H groups in total. The molecule has 2 atom stereocenters. The van der Waals surface area contributed by atoms with Crippen molar-refractivity contribution in [3.63, 3.8) is 0 Å². The number of likely N-dealkylation sites (tertiary alicyclic amines) is 1. The lowest BCUT2D eigenvalue weighted by atomic mass is 9.98. The molecule has 1 aliphatic carbocycles. The van der Waals surface area contributed by atoms with Gasteiger partial charge in [-0.3, -0.25) is 4.79 Å². The van der Waals surface area contributed by atoms with E-state index in [9.17, 15) is 19.5 Å². The molecule has 0 spiro atoms. The third-order valence-electron chi connectivity index (χ3n) is 6.85. The summed E-state index contributed by atoms with van der Waals surface area (Å²) in [7, 11) is 3.58. The molecule has 2 amide bonds. The van der Waals surface area contributed by atoms with Crippen LogP contribution < -0.4 is 5.32 Å². The second-order valence-electron chi connectivity index (χ2n) is 9.46. The standard InChI is InChI=1S/C26H31N3O5/c1-26(24(31)32)13-8-14-29(26)23(30)22(15-28(2)3)27-25(33)34-16-21-19-11-6-4-9-17(19)18-10-5-7-12-20(18)21/h4-7,9-12,21-22H,8,13-16H2,1-3H3,(H,27,33)(H,31,32)/t22?,26-/m0/s1. The van der Waals surface area contributed by atoms with Crippen LogP contribution >= 0.6 is 0 Å². The molecule has 8 heteroatoms. The number of fused-ring (bicyclic) bond motifs is 3. The number of alkyl carbamates (subject to hydrolysis) is 1. The number of aliphatic carboxylic acids is 1. The van der Waals surface area contributed by atoms with E-state index in [-0.39, 0.29) is 19.1 Å². The van der Waals surface area contributed by atoms with Gasteiger partial charge < -0.3 is 25.0 Å². The van der Waals surface area contributed by atoms with Crippen LogP contribution in [0, 0.1) is 0 Å². The van der Waals surface area contributed by atoms with Crippen molar-refractivity contribution in [3.8, 4) is 11.1 Å². The zero-order chi connectivity index (χ0) is 24.5. The van der Waals surface area contributed by atoms with Gasteiger partial charge in [0.2, 0.25) is 5.91 Å². The first-order valence-corrected chi connectivity index (χ1v) is 11.5. The molecule has 180 valence electrons. The van der Waals surface area contributed by atoms with Crippen LogP contribution in [0.25, 0.3) is 11.1 Å². The summed E-state index contributed by atoms with van der Waals surface area (Å²) in [4.78, 5) is 41.1.